The first-order valence-electron chi connectivity index (χ1n) is 7.13. The number of fused-ring (bicyclic) bond motifs is 1. The lowest BCUT2D eigenvalue weighted by Gasteiger charge is -2.53. The molecule has 2 rings (SSSR count). The van der Waals surface area contributed by atoms with Crippen LogP contribution in [0.15, 0.2) is 24.3 Å². The van der Waals surface area contributed by atoms with Gasteiger partial charge in [-0.25, -0.2) is 4.79 Å². The number of carbonyl (C=O) groups is 1. The highest BCUT2D eigenvalue weighted by Gasteiger charge is 2.53. The third-order valence-electron chi connectivity index (χ3n) is 5.29. The Morgan fingerprint density at radius 2 is 2.05 bits per heavy atom. The molecule has 4 heteroatoms. The molecule has 0 heterocycles. The maximum Gasteiger partial charge on any atom is 0.333 e. The first-order chi connectivity index (χ1) is 9.32. The monoisotopic (exact) mass is 280 g/mol. The number of ether oxygens (including phenoxy) is 1. The largest absolute Gasteiger partial charge is 0.466 e. The topological polar surface area (TPSA) is 66.8 Å². The van der Waals surface area contributed by atoms with Crippen molar-refractivity contribution < 1.29 is 19.7 Å². The van der Waals surface area contributed by atoms with E-state index in [2.05, 4.69) is 13.2 Å². The van der Waals surface area contributed by atoms with Crippen LogP contribution in [0.5, 0.6) is 0 Å². The van der Waals surface area contributed by atoms with E-state index in [4.69, 9.17) is 4.74 Å². The highest BCUT2D eigenvalue weighted by molar-refractivity contribution is 5.88. The summed E-state index contributed by atoms with van der Waals surface area (Å²) < 4.78 is 4.70. The van der Waals surface area contributed by atoms with Crippen molar-refractivity contribution >= 4 is 5.97 Å². The van der Waals surface area contributed by atoms with Gasteiger partial charge in [0.15, 0.2) is 0 Å². The molecular formula is C16H24O4. The molecule has 112 valence electrons. The minimum Gasteiger partial charge on any atom is -0.466 e. The van der Waals surface area contributed by atoms with Gasteiger partial charge in [0, 0.05) is 22.8 Å². The van der Waals surface area contributed by atoms with Crippen LogP contribution in [0.25, 0.3) is 0 Å². The van der Waals surface area contributed by atoms with Gasteiger partial charge in [-0.1, -0.05) is 25.7 Å². The Morgan fingerprint density at radius 1 is 1.40 bits per heavy atom. The third-order valence-corrected chi connectivity index (χ3v) is 5.29. The van der Waals surface area contributed by atoms with E-state index in [-0.39, 0.29) is 17.3 Å². The van der Waals surface area contributed by atoms with E-state index < -0.39 is 18.2 Å². The Morgan fingerprint density at radius 3 is 2.65 bits per heavy atom. The number of methoxy groups -OCH3 is 1. The van der Waals surface area contributed by atoms with Crippen molar-refractivity contribution in [1.29, 1.82) is 0 Å². The molecule has 2 aliphatic carbocycles. The van der Waals surface area contributed by atoms with E-state index >= 15 is 0 Å². The summed E-state index contributed by atoms with van der Waals surface area (Å²) in [6.07, 6.45) is 1.63. The van der Waals surface area contributed by atoms with E-state index in [1.165, 1.54) is 7.11 Å². The Bertz CT molecular complexity index is 442. The summed E-state index contributed by atoms with van der Waals surface area (Å²) in [4.78, 5) is 11.6. The SMILES string of the molecule is C=C(C(=O)OC)C1CCC2(C)C(O)CCC(=C)C2C1O. The van der Waals surface area contributed by atoms with Gasteiger partial charge < -0.3 is 14.9 Å². The van der Waals surface area contributed by atoms with E-state index in [0.717, 1.165) is 18.4 Å². The molecule has 2 N–H and O–H groups in total. The van der Waals surface area contributed by atoms with E-state index in [0.29, 0.717) is 18.4 Å². The van der Waals surface area contributed by atoms with Crippen molar-refractivity contribution in [3.63, 3.8) is 0 Å². The average molecular weight is 280 g/mol. The fourth-order valence-corrected chi connectivity index (χ4v) is 3.97. The van der Waals surface area contributed by atoms with Crippen molar-refractivity contribution in [2.75, 3.05) is 7.11 Å². The summed E-state index contributed by atoms with van der Waals surface area (Å²) in [6, 6.07) is 0. The van der Waals surface area contributed by atoms with E-state index in [1.54, 1.807) is 0 Å². The zero-order valence-corrected chi connectivity index (χ0v) is 12.3. The molecule has 4 nitrogen and oxygen atoms in total. The van der Waals surface area contributed by atoms with Crippen LogP contribution in [0.2, 0.25) is 0 Å². The second-order valence-corrected chi connectivity index (χ2v) is 6.35. The highest BCUT2D eigenvalue weighted by atomic mass is 16.5. The van der Waals surface area contributed by atoms with Crippen LogP contribution in [0.1, 0.15) is 32.6 Å². The molecule has 2 aliphatic rings. The fraction of sp³-hybridized carbons (Fsp3) is 0.688. The van der Waals surface area contributed by atoms with Crippen LogP contribution in [0.4, 0.5) is 0 Å². The van der Waals surface area contributed by atoms with Crippen LogP contribution in [0, 0.1) is 17.3 Å². The summed E-state index contributed by atoms with van der Waals surface area (Å²) in [5, 5.41) is 21.0. The molecule has 0 aromatic heterocycles. The molecule has 20 heavy (non-hydrogen) atoms. The molecule has 0 spiro atoms. The molecule has 0 radical (unpaired) electrons. The van der Waals surface area contributed by atoms with E-state index in [9.17, 15) is 15.0 Å². The van der Waals surface area contributed by atoms with Gasteiger partial charge in [0.05, 0.1) is 19.3 Å². The standard InChI is InChI=1S/C16H24O4/c1-9-5-6-12(17)16(3)8-7-11(14(18)13(9)16)10(2)15(19)20-4/h11-14,17-18H,1-2,5-8H2,3-4H3. The van der Waals surface area contributed by atoms with Gasteiger partial charge in [0.2, 0.25) is 0 Å². The normalized spacial score (nSPS) is 40.9. The molecule has 0 aliphatic heterocycles. The minimum absolute atomic E-state index is 0.189. The summed E-state index contributed by atoms with van der Waals surface area (Å²) in [7, 11) is 1.32. The van der Waals surface area contributed by atoms with Gasteiger partial charge in [-0.3, -0.25) is 0 Å². The van der Waals surface area contributed by atoms with Crippen molar-refractivity contribution in [3.05, 3.63) is 24.3 Å². The number of rotatable bonds is 2. The number of hydrogen-bond donors (Lipinski definition) is 2. The average Bonchev–Trinajstić information content (AvgIpc) is 2.42. The summed E-state index contributed by atoms with van der Waals surface area (Å²) in [6.45, 7) is 9.85. The van der Waals surface area contributed by atoms with Crippen molar-refractivity contribution in [2.45, 2.75) is 44.8 Å². The maximum atomic E-state index is 11.6. The fourth-order valence-electron chi connectivity index (χ4n) is 3.97. The zero-order valence-electron chi connectivity index (χ0n) is 12.3. The zero-order chi connectivity index (χ0) is 15.1. The maximum absolute atomic E-state index is 11.6. The Labute approximate surface area is 120 Å². The molecule has 0 saturated heterocycles. The van der Waals surface area contributed by atoms with Crippen molar-refractivity contribution in [2.24, 2.45) is 17.3 Å². The molecule has 0 aromatic rings. The van der Waals surface area contributed by atoms with Crippen molar-refractivity contribution in [3.8, 4) is 0 Å². The number of aliphatic hydroxyl groups excluding tert-OH is 2. The molecule has 2 fully saturated rings. The summed E-state index contributed by atoms with van der Waals surface area (Å²) in [5.74, 6) is -0.978. The molecule has 2 saturated carbocycles. The van der Waals surface area contributed by atoms with E-state index in [1.807, 2.05) is 6.92 Å². The molecule has 0 aromatic carbocycles. The van der Waals surface area contributed by atoms with Crippen LogP contribution in [-0.4, -0.2) is 35.5 Å². The first-order valence-corrected chi connectivity index (χ1v) is 7.13. The Balaban J connectivity index is 2.27. The van der Waals surface area contributed by atoms with Crippen LogP contribution in [0.3, 0.4) is 0 Å². The number of esters is 1. The van der Waals surface area contributed by atoms with Crippen molar-refractivity contribution in [1.82, 2.24) is 0 Å². The van der Waals surface area contributed by atoms with Gasteiger partial charge in [0.25, 0.3) is 0 Å². The van der Waals surface area contributed by atoms with Gasteiger partial charge in [-0.2, -0.15) is 0 Å². The van der Waals surface area contributed by atoms with Gasteiger partial charge in [0.1, 0.15) is 0 Å². The number of hydrogen-bond acceptors (Lipinski definition) is 4. The molecular weight excluding hydrogens is 256 g/mol. The Hall–Kier alpha value is -1.13. The first kappa shape index (κ1) is 15.3. The van der Waals surface area contributed by atoms with Crippen LogP contribution in [-0.2, 0) is 9.53 Å². The third kappa shape index (κ3) is 2.21. The predicted octanol–water partition coefficient (Wildman–Crippen LogP) is 1.82. The van der Waals surface area contributed by atoms with Crippen LogP contribution < -0.4 is 0 Å². The molecule has 0 bridgehead atoms. The highest BCUT2D eigenvalue weighted by Crippen LogP contribution is 2.54. The Kier molecular flexibility index (Phi) is 4.07. The summed E-state index contributed by atoms with van der Waals surface area (Å²) >= 11 is 0. The van der Waals surface area contributed by atoms with Gasteiger partial charge in [-0.05, 0) is 25.7 Å². The molecule has 5 unspecified atom stereocenters. The predicted molar refractivity (Wildman–Crippen MR) is 75.9 cm³/mol. The second kappa shape index (κ2) is 5.34. The lowest BCUT2D eigenvalue weighted by molar-refractivity contribution is -0.140. The molecule has 5 atom stereocenters. The smallest absolute Gasteiger partial charge is 0.333 e. The quantitative estimate of drug-likeness (QED) is 0.460. The lowest BCUT2D eigenvalue weighted by Crippen LogP contribution is -2.54. The van der Waals surface area contributed by atoms with Crippen LogP contribution >= 0.6 is 0 Å². The lowest BCUT2D eigenvalue weighted by atomic mass is 9.54. The second-order valence-electron chi connectivity index (χ2n) is 6.35. The molecule has 0 amide bonds. The summed E-state index contributed by atoms with van der Waals surface area (Å²) in [5.41, 5.74) is 0.921. The van der Waals surface area contributed by atoms with Gasteiger partial charge in [-0.15, -0.1) is 0 Å². The minimum atomic E-state index is -0.734. The van der Waals surface area contributed by atoms with Gasteiger partial charge >= 0.3 is 5.97 Å². The number of carbonyl (C=O) groups excluding carboxylic acids is 1. The number of aliphatic hydroxyl groups is 2.